The summed E-state index contributed by atoms with van der Waals surface area (Å²) in [5.74, 6) is -1.26. The van der Waals surface area contributed by atoms with E-state index in [9.17, 15) is 4.79 Å². The minimum absolute atomic E-state index is 0.0695. The number of carboxylic acids is 1. The van der Waals surface area contributed by atoms with Crippen LogP contribution in [0.1, 0.15) is 17.9 Å². The Morgan fingerprint density at radius 1 is 1.40 bits per heavy atom. The Hall–Kier alpha value is -0.770. The van der Waals surface area contributed by atoms with E-state index in [1.165, 1.54) is 0 Å². The monoisotopic (exact) mass is 247 g/mol. The Bertz CT molecular complexity index is 348. The van der Waals surface area contributed by atoms with Crippen molar-refractivity contribution in [2.75, 3.05) is 6.54 Å². The van der Waals surface area contributed by atoms with Gasteiger partial charge in [-0.25, -0.2) is 0 Å². The van der Waals surface area contributed by atoms with E-state index >= 15 is 0 Å². The lowest BCUT2D eigenvalue weighted by molar-refractivity contribution is -0.137. The maximum Gasteiger partial charge on any atom is 0.304 e. The van der Waals surface area contributed by atoms with Crippen LogP contribution in [0.2, 0.25) is 10.0 Å². The predicted molar refractivity (Wildman–Crippen MR) is 60.5 cm³/mol. The van der Waals surface area contributed by atoms with Crippen LogP contribution in [0.4, 0.5) is 0 Å². The van der Waals surface area contributed by atoms with Crippen molar-refractivity contribution in [1.82, 2.24) is 0 Å². The van der Waals surface area contributed by atoms with Crippen LogP contribution in [0.3, 0.4) is 0 Å². The third-order valence-electron chi connectivity index (χ3n) is 2.11. The van der Waals surface area contributed by atoms with Crippen LogP contribution in [0.15, 0.2) is 18.2 Å². The van der Waals surface area contributed by atoms with Crippen molar-refractivity contribution in [3.05, 3.63) is 33.8 Å². The molecule has 0 fully saturated rings. The lowest BCUT2D eigenvalue weighted by Gasteiger charge is -2.15. The largest absolute Gasteiger partial charge is 0.481 e. The van der Waals surface area contributed by atoms with Gasteiger partial charge >= 0.3 is 5.97 Å². The molecule has 0 bridgehead atoms. The van der Waals surface area contributed by atoms with Gasteiger partial charge in [-0.15, -0.1) is 0 Å². The predicted octanol–water partition coefficient (Wildman–Crippen LogP) is 2.51. The average molecular weight is 248 g/mol. The van der Waals surface area contributed by atoms with E-state index in [1.54, 1.807) is 18.2 Å². The van der Waals surface area contributed by atoms with Crippen LogP contribution in [0.25, 0.3) is 0 Å². The summed E-state index contributed by atoms with van der Waals surface area (Å²) >= 11 is 11.9. The smallest absolute Gasteiger partial charge is 0.304 e. The SMILES string of the molecule is NCC(CC(=O)O)c1c(Cl)cccc1Cl. The van der Waals surface area contributed by atoms with Crippen LogP contribution in [0, 0.1) is 0 Å². The molecule has 3 N–H and O–H groups in total. The first-order valence-corrected chi connectivity index (χ1v) is 5.17. The van der Waals surface area contributed by atoms with E-state index in [1.807, 2.05) is 0 Å². The second-order valence-electron chi connectivity index (χ2n) is 3.17. The maximum atomic E-state index is 10.6. The van der Waals surface area contributed by atoms with Gasteiger partial charge in [-0.2, -0.15) is 0 Å². The van der Waals surface area contributed by atoms with Crippen LogP contribution >= 0.6 is 23.2 Å². The Morgan fingerprint density at radius 2 is 1.93 bits per heavy atom. The molecule has 0 saturated heterocycles. The van der Waals surface area contributed by atoms with Crippen molar-refractivity contribution in [3.63, 3.8) is 0 Å². The fourth-order valence-electron chi connectivity index (χ4n) is 1.41. The highest BCUT2D eigenvalue weighted by atomic mass is 35.5. The zero-order valence-corrected chi connectivity index (χ0v) is 9.42. The molecule has 0 spiro atoms. The fraction of sp³-hybridized carbons (Fsp3) is 0.300. The molecule has 3 nitrogen and oxygen atoms in total. The normalized spacial score (nSPS) is 12.5. The third-order valence-corrected chi connectivity index (χ3v) is 2.77. The van der Waals surface area contributed by atoms with E-state index in [-0.39, 0.29) is 18.9 Å². The highest BCUT2D eigenvalue weighted by molar-refractivity contribution is 6.36. The summed E-state index contributed by atoms with van der Waals surface area (Å²) in [6.07, 6.45) is -0.0695. The van der Waals surface area contributed by atoms with E-state index in [2.05, 4.69) is 0 Å². The molecule has 0 aromatic heterocycles. The van der Waals surface area contributed by atoms with Crippen molar-refractivity contribution < 1.29 is 9.90 Å². The van der Waals surface area contributed by atoms with Gasteiger partial charge in [0.1, 0.15) is 0 Å². The third kappa shape index (κ3) is 3.09. The molecule has 0 heterocycles. The summed E-state index contributed by atoms with van der Waals surface area (Å²) in [7, 11) is 0. The first-order chi connectivity index (χ1) is 7.06. The van der Waals surface area contributed by atoms with E-state index in [0.717, 1.165) is 0 Å². The zero-order chi connectivity index (χ0) is 11.4. The second kappa shape index (κ2) is 5.35. The van der Waals surface area contributed by atoms with Crippen molar-refractivity contribution in [2.45, 2.75) is 12.3 Å². The minimum atomic E-state index is -0.915. The molecule has 82 valence electrons. The first-order valence-electron chi connectivity index (χ1n) is 4.42. The zero-order valence-electron chi connectivity index (χ0n) is 7.91. The number of carbonyl (C=O) groups is 1. The van der Waals surface area contributed by atoms with Crippen molar-refractivity contribution in [3.8, 4) is 0 Å². The van der Waals surface area contributed by atoms with Crippen molar-refractivity contribution in [1.29, 1.82) is 0 Å². The number of hydrogen-bond acceptors (Lipinski definition) is 2. The van der Waals surface area contributed by atoms with Gasteiger partial charge in [-0.1, -0.05) is 29.3 Å². The van der Waals surface area contributed by atoms with Crippen LogP contribution in [0.5, 0.6) is 0 Å². The van der Waals surface area contributed by atoms with Gasteiger partial charge < -0.3 is 10.8 Å². The van der Waals surface area contributed by atoms with E-state index < -0.39 is 5.97 Å². The molecule has 15 heavy (non-hydrogen) atoms. The molecule has 0 aliphatic rings. The van der Waals surface area contributed by atoms with Gasteiger partial charge in [-0.05, 0) is 24.2 Å². The molecule has 0 amide bonds. The molecule has 0 aliphatic heterocycles. The topological polar surface area (TPSA) is 63.3 Å². The Morgan fingerprint density at radius 3 is 2.33 bits per heavy atom. The Balaban J connectivity index is 3.05. The van der Waals surface area contributed by atoms with Crippen LogP contribution in [-0.4, -0.2) is 17.6 Å². The first kappa shape index (κ1) is 12.3. The average Bonchev–Trinajstić information content (AvgIpc) is 2.15. The highest BCUT2D eigenvalue weighted by Gasteiger charge is 2.19. The molecule has 1 aromatic carbocycles. The molecule has 5 heteroatoms. The molecule has 0 radical (unpaired) electrons. The van der Waals surface area contributed by atoms with Crippen LogP contribution < -0.4 is 5.73 Å². The molecule has 1 rings (SSSR count). The Labute approximate surface area is 97.8 Å². The lowest BCUT2D eigenvalue weighted by Crippen LogP contribution is -2.17. The number of halogens is 2. The Kier molecular flexibility index (Phi) is 4.39. The number of rotatable bonds is 4. The van der Waals surface area contributed by atoms with Gasteiger partial charge in [0.15, 0.2) is 0 Å². The van der Waals surface area contributed by atoms with Gasteiger partial charge in [0.2, 0.25) is 0 Å². The van der Waals surface area contributed by atoms with E-state index in [4.69, 9.17) is 34.0 Å². The molecule has 1 unspecified atom stereocenters. The molecular weight excluding hydrogens is 237 g/mol. The second-order valence-corrected chi connectivity index (χ2v) is 3.98. The molecule has 1 aromatic rings. The highest BCUT2D eigenvalue weighted by Crippen LogP contribution is 2.32. The fourth-order valence-corrected chi connectivity index (χ4v) is 2.12. The number of aliphatic carboxylic acids is 1. The van der Waals surface area contributed by atoms with E-state index in [0.29, 0.717) is 15.6 Å². The van der Waals surface area contributed by atoms with Gasteiger partial charge in [0, 0.05) is 16.0 Å². The lowest BCUT2D eigenvalue weighted by atomic mass is 9.96. The standard InChI is InChI=1S/C10H11Cl2NO2/c11-7-2-1-3-8(12)10(7)6(5-13)4-9(14)15/h1-3,6H,4-5,13H2,(H,14,15). The summed E-state index contributed by atoms with van der Waals surface area (Å²) in [5, 5.41) is 9.63. The number of carboxylic acid groups (broad SMARTS) is 1. The van der Waals surface area contributed by atoms with Gasteiger partial charge in [0.05, 0.1) is 6.42 Å². The number of hydrogen-bond donors (Lipinski definition) is 2. The molecule has 0 aliphatic carbocycles. The quantitative estimate of drug-likeness (QED) is 0.860. The van der Waals surface area contributed by atoms with Crippen molar-refractivity contribution in [2.24, 2.45) is 5.73 Å². The summed E-state index contributed by atoms with van der Waals surface area (Å²) in [6.45, 7) is 0.204. The summed E-state index contributed by atoms with van der Waals surface area (Å²) in [6, 6.07) is 5.06. The number of nitrogens with two attached hydrogens (primary N) is 1. The van der Waals surface area contributed by atoms with Gasteiger partial charge in [0.25, 0.3) is 0 Å². The van der Waals surface area contributed by atoms with Crippen molar-refractivity contribution >= 4 is 29.2 Å². The summed E-state index contributed by atoms with van der Waals surface area (Å²) in [5.41, 5.74) is 6.13. The molecule has 0 saturated carbocycles. The van der Waals surface area contributed by atoms with Gasteiger partial charge in [-0.3, -0.25) is 4.79 Å². The van der Waals surface area contributed by atoms with Crippen LogP contribution in [-0.2, 0) is 4.79 Å². The maximum absolute atomic E-state index is 10.6. The summed E-state index contributed by atoms with van der Waals surface area (Å²) in [4.78, 5) is 10.6. The minimum Gasteiger partial charge on any atom is -0.481 e. The number of benzene rings is 1. The molecule has 1 atom stereocenters. The molecular formula is C10H11Cl2NO2. The summed E-state index contributed by atoms with van der Waals surface area (Å²) < 4.78 is 0.